The van der Waals surface area contributed by atoms with Crippen LogP contribution in [-0.2, 0) is 6.54 Å². The minimum atomic E-state index is -0.727. The van der Waals surface area contributed by atoms with Gasteiger partial charge in [0.05, 0.1) is 14.2 Å². The van der Waals surface area contributed by atoms with Crippen molar-refractivity contribution in [3.63, 3.8) is 0 Å². The number of carbonyl (C=O) groups excluding carboxylic acids is 2. The number of carbonyl (C=O) groups is 2. The summed E-state index contributed by atoms with van der Waals surface area (Å²) in [6.45, 7) is 0.177. The van der Waals surface area contributed by atoms with E-state index < -0.39 is 11.4 Å². The maximum Gasteiger partial charge on any atom is 0.347 e. The second kappa shape index (κ2) is 9.95. The van der Waals surface area contributed by atoms with Crippen LogP contribution in [0.25, 0.3) is 17.0 Å². The first-order valence-corrected chi connectivity index (χ1v) is 10.5. The van der Waals surface area contributed by atoms with E-state index in [1.54, 1.807) is 84.7 Å². The maximum absolute atomic E-state index is 12.6. The van der Waals surface area contributed by atoms with E-state index in [-0.39, 0.29) is 17.9 Å². The summed E-state index contributed by atoms with van der Waals surface area (Å²) in [5.74, 6) is 0.610. The third-order valence-electron chi connectivity index (χ3n) is 5.29. The average Bonchev–Trinajstić information content (AvgIpc) is 2.87. The van der Waals surface area contributed by atoms with Gasteiger partial charge in [0.2, 0.25) is 12.3 Å². The van der Waals surface area contributed by atoms with Crippen molar-refractivity contribution in [3.05, 3.63) is 106 Å². The smallest absolute Gasteiger partial charge is 0.347 e. The molecule has 0 atom stereocenters. The van der Waals surface area contributed by atoms with E-state index in [0.29, 0.717) is 28.0 Å². The standard InChI is InChI=1S/C27H22NO6/c1-32-21-9-7-19(8-10-21)24(30)17-28-14-12-18(13-15-28)6-11-23(29)22-16-20-4-3-5-25(33-2)26(20)34-27(22)31/h3-16H,17H2,1-2H3/q+1/b11-6+. The van der Waals surface area contributed by atoms with Crippen molar-refractivity contribution >= 4 is 28.6 Å². The molecule has 0 radical (unpaired) electrons. The summed E-state index contributed by atoms with van der Waals surface area (Å²) in [7, 11) is 3.06. The van der Waals surface area contributed by atoms with Crippen LogP contribution < -0.4 is 19.7 Å². The second-order valence-electron chi connectivity index (χ2n) is 7.48. The minimum absolute atomic E-state index is 0.0363. The van der Waals surface area contributed by atoms with Gasteiger partial charge in [0, 0.05) is 23.1 Å². The van der Waals surface area contributed by atoms with Crippen molar-refractivity contribution in [2.75, 3.05) is 14.2 Å². The molecule has 4 aromatic rings. The molecule has 0 aliphatic carbocycles. The summed E-state index contributed by atoms with van der Waals surface area (Å²) in [6.07, 6.45) is 6.43. The SMILES string of the molecule is COc1ccc(C(=O)C[n+]2ccc(/C=C/C(=O)c3cc4cccc(OC)c4oc3=O)cc2)cc1. The Morgan fingerprint density at radius 1 is 0.971 bits per heavy atom. The minimum Gasteiger partial charge on any atom is -0.497 e. The molecule has 0 unspecified atom stereocenters. The molecule has 4 rings (SSSR count). The molecule has 2 aromatic heterocycles. The number of Topliss-reactive ketones (excluding diaryl/α,β-unsaturated/α-hetero) is 1. The molecule has 0 N–H and O–H groups in total. The Morgan fingerprint density at radius 2 is 1.71 bits per heavy atom. The molecule has 0 saturated heterocycles. The van der Waals surface area contributed by atoms with Crippen LogP contribution in [0.3, 0.4) is 0 Å². The largest absolute Gasteiger partial charge is 0.497 e. The molecule has 34 heavy (non-hydrogen) atoms. The summed E-state index contributed by atoms with van der Waals surface area (Å²) in [4.78, 5) is 37.4. The second-order valence-corrected chi connectivity index (χ2v) is 7.48. The van der Waals surface area contributed by atoms with Gasteiger partial charge in [-0.15, -0.1) is 0 Å². The van der Waals surface area contributed by atoms with Gasteiger partial charge in [0.15, 0.2) is 29.5 Å². The lowest BCUT2D eigenvalue weighted by Gasteiger charge is -2.04. The summed E-state index contributed by atoms with van der Waals surface area (Å²) in [5, 5.41) is 0.595. The van der Waals surface area contributed by atoms with Crippen LogP contribution in [0.2, 0.25) is 0 Å². The quantitative estimate of drug-likeness (QED) is 0.173. The fraction of sp³-hybridized carbons (Fsp3) is 0.111. The van der Waals surface area contributed by atoms with Gasteiger partial charge in [0.25, 0.3) is 0 Å². The van der Waals surface area contributed by atoms with Crippen molar-refractivity contribution in [3.8, 4) is 11.5 Å². The molecule has 2 aromatic carbocycles. The van der Waals surface area contributed by atoms with Crippen molar-refractivity contribution < 1.29 is 28.0 Å². The number of methoxy groups -OCH3 is 2. The number of nitrogens with zero attached hydrogens (tertiary/aromatic N) is 1. The van der Waals surface area contributed by atoms with Gasteiger partial charge in [0.1, 0.15) is 11.3 Å². The lowest BCUT2D eigenvalue weighted by atomic mass is 10.1. The van der Waals surface area contributed by atoms with E-state index in [1.165, 1.54) is 19.3 Å². The first kappa shape index (κ1) is 22.7. The van der Waals surface area contributed by atoms with Crippen LogP contribution in [0.1, 0.15) is 26.3 Å². The highest BCUT2D eigenvalue weighted by atomic mass is 16.5. The Kier molecular flexibility index (Phi) is 6.64. The van der Waals surface area contributed by atoms with Gasteiger partial charge in [-0.3, -0.25) is 9.59 Å². The molecular weight excluding hydrogens is 434 g/mol. The van der Waals surface area contributed by atoms with Crippen molar-refractivity contribution in [2.24, 2.45) is 0 Å². The number of hydrogen-bond donors (Lipinski definition) is 0. The van der Waals surface area contributed by atoms with E-state index in [1.807, 2.05) is 0 Å². The topological polar surface area (TPSA) is 86.7 Å². The lowest BCUT2D eigenvalue weighted by Crippen LogP contribution is -2.37. The first-order chi connectivity index (χ1) is 16.5. The Bertz CT molecular complexity index is 1430. The number of para-hydroxylation sites is 1. The molecule has 170 valence electrons. The Balaban J connectivity index is 1.45. The number of aromatic nitrogens is 1. The van der Waals surface area contributed by atoms with Crippen LogP contribution in [0.15, 0.2) is 88.3 Å². The number of allylic oxidation sites excluding steroid dienone is 1. The Morgan fingerprint density at radius 3 is 2.38 bits per heavy atom. The van der Waals surface area contributed by atoms with Gasteiger partial charge >= 0.3 is 5.63 Å². The zero-order valence-corrected chi connectivity index (χ0v) is 18.7. The molecule has 7 nitrogen and oxygen atoms in total. The normalized spacial score (nSPS) is 11.0. The lowest BCUT2D eigenvalue weighted by molar-refractivity contribution is -0.683. The van der Waals surface area contributed by atoms with Gasteiger partial charge in [-0.2, -0.15) is 4.57 Å². The first-order valence-electron chi connectivity index (χ1n) is 10.5. The Hall–Kier alpha value is -4.52. The van der Waals surface area contributed by atoms with Gasteiger partial charge < -0.3 is 13.9 Å². The van der Waals surface area contributed by atoms with Crippen LogP contribution in [0.4, 0.5) is 0 Å². The fourth-order valence-corrected chi connectivity index (χ4v) is 3.43. The zero-order chi connectivity index (χ0) is 24.1. The van der Waals surface area contributed by atoms with Crippen LogP contribution in [-0.4, -0.2) is 25.8 Å². The van der Waals surface area contributed by atoms with E-state index in [0.717, 1.165) is 5.56 Å². The highest BCUT2D eigenvalue weighted by Gasteiger charge is 2.14. The molecule has 0 amide bonds. The number of ketones is 2. The zero-order valence-electron chi connectivity index (χ0n) is 18.7. The third kappa shape index (κ3) is 4.94. The maximum atomic E-state index is 12.6. The molecule has 0 saturated carbocycles. The summed E-state index contributed by atoms with van der Waals surface area (Å²) >= 11 is 0. The van der Waals surface area contributed by atoms with Crippen LogP contribution >= 0.6 is 0 Å². The van der Waals surface area contributed by atoms with E-state index in [4.69, 9.17) is 13.9 Å². The molecule has 0 aliphatic rings. The third-order valence-corrected chi connectivity index (χ3v) is 5.29. The van der Waals surface area contributed by atoms with Gasteiger partial charge in [-0.05, 0) is 48.0 Å². The number of pyridine rings is 1. The molecule has 0 aliphatic heterocycles. The number of ether oxygens (including phenoxy) is 2. The molecule has 7 heteroatoms. The highest BCUT2D eigenvalue weighted by Crippen LogP contribution is 2.24. The highest BCUT2D eigenvalue weighted by molar-refractivity contribution is 6.08. The van der Waals surface area contributed by atoms with Crippen LogP contribution in [0.5, 0.6) is 11.5 Å². The fourth-order valence-electron chi connectivity index (χ4n) is 3.43. The Labute approximate surface area is 195 Å². The molecule has 0 spiro atoms. The monoisotopic (exact) mass is 456 g/mol. The predicted molar refractivity (Wildman–Crippen MR) is 126 cm³/mol. The summed E-state index contributed by atoms with van der Waals surface area (Å²) in [6, 6.07) is 17.2. The van der Waals surface area contributed by atoms with E-state index in [9.17, 15) is 14.4 Å². The molecular formula is C27H22NO6+. The van der Waals surface area contributed by atoms with E-state index >= 15 is 0 Å². The number of hydrogen-bond acceptors (Lipinski definition) is 6. The van der Waals surface area contributed by atoms with Crippen molar-refractivity contribution in [1.29, 1.82) is 0 Å². The predicted octanol–water partition coefficient (Wildman–Crippen LogP) is 3.88. The molecule has 2 heterocycles. The molecule has 0 bridgehead atoms. The molecule has 0 fully saturated rings. The number of rotatable bonds is 8. The van der Waals surface area contributed by atoms with Gasteiger partial charge in [-0.25, -0.2) is 4.79 Å². The number of benzene rings is 2. The van der Waals surface area contributed by atoms with Gasteiger partial charge in [-0.1, -0.05) is 18.2 Å². The van der Waals surface area contributed by atoms with Crippen LogP contribution in [0, 0.1) is 0 Å². The number of fused-ring (bicyclic) bond motifs is 1. The van der Waals surface area contributed by atoms with Crippen molar-refractivity contribution in [2.45, 2.75) is 6.54 Å². The average molecular weight is 456 g/mol. The summed E-state index contributed by atoms with van der Waals surface area (Å²) < 4.78 is 17.4. The van der Waals surface area contributed by atoms with E-state index in [2.05, 4.69) is 0 Å². The van der Waals surface area contributed by atoms with Crippen molar-refractivity contribution in [1.82, 2.24) is 0 Å². The summed E-state index contributed by atoms with van der Waals surface area (Å²) in [5.41, 5.74) is 0.845.